The summed E-state index contributed by atoms with van der Waals surface area (Å²) in [6.45, 7) is 6.37. The van der Waals surface area contributed by atoms with Crippen LogP contribution in [0.5, 0.6) is 0 Å². The maximum atomic E-state index is 12.3. The third-order valence-corrected chi connectivity index (χ3v) is 3.63. The molecule has 22 heavy (non-hydrogen) atoms. The van der Waals surface area contributed by atoms with E-state index in [1.54, 1.807) is 6.20 Å². The van der Waals surface area contributed by atoms with Crippen molar-refractivity contribution in [1.29, 1.82) is 0 Å². The zero-order chi connectivity index (χ0) is 15.9. The summed E-state index contributed by atoms with van der Waals surface area (Å²) in [6, 6.07) is 8.45. The van der Waals surface area contributed by atoms with E-state index < -0.39 is 0 Å². The van der Waals surface area contributed by atoms with Crippen molar-refractivity contribution in [2.45, 2.75) is 39.7 Å². The molecule has 1 atom stereocenters. The van der Waals surface area contributed by atoms with Crippen molar-refractivity contribution in [3.05, 3.63) is 59.7 Å². The van der Waals surface area contributed by atoms with Crippen molar-refractivity contribution in [2.75, 3.05) is 0 Å². The smallest absolute Gasteiger partial charge is 0.271 e. The van der Waals surface area contributed by atoms with E-state index >= 15 is 0 Å². The molecule has 0 aliphatic heterocycles. The number of benzene rings is 1. The SMILES string of the molecule is CCCc1ccc(C(NC(=O)c2cnccn2)C(C)C)cc1. The van der Waals surface area contributed by atoms with E-state index in [4.69, 9.17) is 0 Å². The van der Waals surface area contributed by atoms with Crippen molar-refractivity contribution >= 4 is 5.91 Å². The first-order chi connectivity index (χ1) is 10.6. The first kappa shape index (κ1) is 16.1. The highest BCUT2D eigenvalue weighted by Crippen LogP contribution is 2.22. The Labute approximate surface area is 132 Å². The van der Waals surface area contributed by atoms with Crippen molar-refractivity contribution in [3.63, 3.8) is 0 Å². The molecule has 1 unspecified atom stereocenters. The molecule has 116 valence electrons. The fraction of sp³-hybridized carbons (Fsp3) is 0.389. The highest BCUT2D eigenvalue weighted by Gasteiger charge is 2.19. The minimum Gasteiger partial charge on any atom is -0.344 e. The van der Waals surface area contributed by atoms with Gasteiger partial charge in [0.1, 0.15) is 5.69 Å². The lowest BCUT2D eigenvalue weighted by molar-refractivity contribution is 0.0920. The molecule has 0 aliphatic carbocycles. The molecule has 0 saturated heterocycles. The van der Waals surface area contributed by atoms with Crippen molar-refractivity contribution in [2.24, 2.45) is 5.92 Å². The largest absolute Gasteiger partial charge is 0.344 e. The number of amides is 1. The summed E-state index contributed by atoms with van der Waals surface area (Å²) in [5, 5.41) is 3.06. The van der Waals surface area contributed by atoms with Gasteiger partial charge in [-0.15, -0.1) is 0 Å². The Morgan fingerprint density at radius 3 is 2.45 bits per heavy atom. The van der Waals surface area contributed by atoms with E-state index in [0.29, 0.717) is 5.69 Å². The summed E-state index contributed by atoms with van der Waals surface area (Å²) in [6.07, 6.45) is 6.79. The molecule has 1 heterocycles. The lowest BCUT2D eigenvalue weighted by Crippen LogP contribution is -2.32. The Bertz CT molecular complexity index is 593. The predicted octanol–water partition coefficient (Wildman–Crippen LogP) is 3.56. The van der Waals surface area contributed by atoms with Crippen LogP contribution in [0.4, 0.5) is 0 Å². The van der Waals surface area contributed by atoms with Gasteiger partial charge in [0.05, 0.1) is 12.2 Å². The maximum Gasteiger partial charge on any atom is 0.271 e. The number of hydrogen-bond acceptors (Lipinski definition) is 3. The molecule has 2 rings (SSSR count). The van der Waals surface area contributed by atoms with Gasteiger partial charge in [-0.2, -0.15) is 0 Å². The van der Waals surface area contributed by atoms with Gasteiger partial charge in [0.15, 0.2) is 0 Å². The first-order valence-corrected chi connectivity index (χ1v) is 7.77. The van der Waals surface area contributed by atoms with E-state index in [1.165, 1.54) is 18.0 Å². The molecule has 1 N–H and O–H groups in total. The number of nitrogens with zero attached hydrogens (tertiary/aromatic N) is 2. The Kier molecular flexibility index (Phi) is 5.64. The molecule has 4 heteroatoms. The molecule has 0 radical (unpaired) electrons. The molecule has 2 aromatic rings. The molecule has 1 aromatic carbocycles. The number of carbonyl (C=O) groups is 1. The number of rotatable bonds is 6. The first-order valence-electron chi connectivity index (χ1n) is 7.77. The Morgan fingerprint density at radius 1 is 1.18 bits per heavy atom. The van der Waals surface area contributed by atoms with Gasteiger partial charge in [-0.25, -0.2) is 4.98 Å². The van der Waals surface area contributed by atoms with Crippen LogP contribution in [0, 0.1) is 5.92 Å². The van der Waals surface area contributed by atoms with Crippen LogP contribution in [0.2, 0.25) is 0 Å². The van der Waals surface area contributed by atoms with E-state index in [0.717, 1.165) is 18.4 Å². The van der Waals surface area contributed by atoms with Gasteiger partial charge in [-0.3, -0.25) is 9.78 Å². The van der Waals surface area contributed by atoms with Gasteiger partial charge in [0.25, 0.3) is 5.91 Å². The van der Waals surface area contributed by atoms with Crippen LogP contribution in [0.1, 0.15) is 54.8 Å². The van der Waals surface area contributed by atoms with Crippen LogP contribution >= 0.6 is 0 Å². The minimum absolute atomic E-state index is 0.0369. The van der Waals surface area contributed by atoms with Gasteiger partial charge >= 0.3 is 0 Å². The topological polar surface area (TPSA) is 54.9 Å². The van der Waals surface area contributed by atoms with Crippen LogP contribution in [0.25, 0.3) is 0 Å². The monoisotopic (exact) mass is 297 g/mol. The maximum absolute atomic E-state index is 12.3. The van der Waals surface area contributed by atoms with Gasteiger partial charge in [0.2, 0.25) is 0 Å². The number of nitrogens with one attached hydrogen (secondary N) is 1. The second kappa shape index (κ2) is 7.69. The molecule has 0 fully saturated rings. The highest BCUT2D eigenvalue weighted by atomic mass is 16.1. The minimum atomic E-state index is -0.190. The average Bonchev–Trinajstić information content (AvgIpc) is 2.54. The molecule has 0 saturated carbocycles. The zero-order valence-electron chi connectivity index (χ0n) is 13.4. The third kappa shape index (κ3) is 4.13. The number of aryl methyl sites for hydroxylation is 1. The zero-order valence-corrected chi connectivity index (χ0v) is 13.4. The second-order valence-electron chi connectivity index (χ2n) is 5.78. The molecule has 4 nitrogen and oxygen atoms in total. The summed E-state index contributed by atoms with van der Waals surface area (Å²) in [5.74, 6) is 0.0991. The van der Waals surface area contributed by atoms with E-state index in [9.17, 15) is 4.79 Å². The van der Waals surface area contributed by atoms with Gasteiger partial charge in [-0.1, -0.05) is 51.5 Å². The fourth-order valence-electron chi connectivity index (χ4n) is 2.45. The molecule has 1 amide bonds. The number of aromatic nitrogens is 2. The fourth-order valence-corrected chi connectivity index (χ4v) is 2.45. The summed E-state index contributed by atoms with van der Waals surface area (Å²) < 4.78 is 0. The van der Waals surface area contributed by atoms with Crippen molar-refractivity contribution in [1.82, 2.24) is 15.3 Å². The molecule has 1 aromatic heterocycles. The number of carbonyl (C=O) groups excluding carboxylic acids is 1. The average molecular weight is 297 g/mol. The van der Waals surface area contributed by atoms with E-state index in [1.807, 2.05) is 0 Å². The Balaban J connectivity index is 2.14. The predicted molar refractivity (Wildman–Crippen MR) is 87.5 cm³/mol. The molecular formula is C18H23N3O. The summed E-state index contributed by atoms with van der Waals surface area (Å²) >= 11 is 0. The van der Waals surface area contributed by atoms with E-state index in [2.05, 4.69) is 60.3 Å². The normalized spacial score (nSPS) is 12.2. The van der Waals surface area contributed by atoms with E-state index in [-0.39, 0.29) is 17.9 Å². The van der Waals surface area contributed by atoms with Crippen LogP contribution < -0.4 is 5.32 Å². The molecule has 0 spiro atoms. The lowest BCUT2D eigenvalue weighted by Gasteiger charge is -2.23. The summed E-state index contributed by atoms with van der Waals surface area (Å²) in [7, 11) is 0. The van der Waals surface area contributed by atoms with Crippen LogP contribution in [0.15, 0.2) is 42.9 Å². The van der Waals surface area contributed by atoms with Crippen LogP contribution in [-0.4, -0.2) is 15.9 Å². The molecule has 0 aliphatic rings. The Morgan fingerprint density at radius 2 is 1.91 bits per heavy atom. The quantitative estimate of drug-likeness (QED) is 0.887. The number of hydrogen-bond donors (Lipinski definition) is 1. The van der Waals surface area contributed by atoms with Crippen molar-refractivity contribution in [3.8, 4) is 0 Å². The molecule has 0 bridgehead atoms. The van der Waals surface area contributed by atoms with Gasteiger partial charge in [0, 0.05) is 12.4 Å². The summed E-state index contributed by atoms with van der Waals surface area (Å²) in [5.41, 5.74) is 2.79. The third-order valence-electron chi connectivity index (χ3n) is 3.63. The highest BCUT2D eigenvalue weighted by molar-refractivity contribution is 5.92. The van der Waals surface area contributed by atoms with Crippen LogP contribution in [-0.2, 0) is 6.42 Å². The van der Waals surface area contributed by atoms with Crippen LogP contribution in [0.3, 0.4) is 0 Å². The molecular weight excluding hydrogens is 274 g/mol. The van der Waals surface area contributed by atoms with Crippen molar-refractivity contribution < 1.29 is 4.79 Å². The standard InChI is InChI=1S/C18H23N3O/c1-4-5-14-6-8-15(9-7-14)17(13(2)3)21-18(22)16-12-19-10-11-20-16/h6-13,17H,4-5H2,1-3H3,(H,21,22). The lowest BCUT2D eigenvalue weighted by atomic mass is 9.94. The van der Waals surface area contributed by atoms with Gasteiger partial charge < -0.3 is 5.32 Å². The van der Waals surface area contributed by atoms with Gasteiger partial charge in [-0.05, 0) is 23.5 Å². The second-order valence-corrected chi connectivity index (χ2v) is 5.78. The Hall–Kier alpha value is -2.23. The summed E-state index contributed by atoms with van der Waals surface area (Å²) in [4.78, 5) is 20.3.